The van der Waals surface area contributed by atoms with Crippen molar-refractivity contribution >= 4 is 29.3 Å². The van der Waals surface area contributed by atoms with E-state index in [1.165, 1.54) is 6.07 Å². The molecule has 0 bridgehead atoms. The maximum absolute atomic E-state index is 12.3. The fourth-order valence-corrected chi connectivity index (χ4v) is 3.02. The molecular formula is C19H18ClN3O3. The Labute approximate surface area is 156 Å². The zero-order valence-electron chi connectivity index (χ0n) is 13.9. The molecule has 134 valence electrons. The second kappa shape index (κ2) is 8.01. The topological polar surface area (TPSA) is 78.5 Å². The molecule has 1 unspecified atom stereocenters. The third kappa shape index (κ3) is 4.40. The number of carbonyl (C=O) groups excluding carboxylic acids is 3. The van der Waals surface area contributed by atoms with Crippen LogP contribution in [0.15, 0.2) is 54.6 Å². The minimum Gasteiger partial charge on any atom is -0.338 e. The number of likely N-dealkylation sites (tertiary alicyclic amines) is 1. The highest BCUT2D eigenvalue weighted by atomic mass is 35.5. The van der Waals surface area contributed by atoms with Gasteiger partial charge in [-0.2, -0.15) is 0 Å². The quantitative estimate of drug-likeness (QED) is 0.808. The largest absolute Gasteiger partial charge is 0.338 e. The van der Waals surface area contributed by atoms with Gasteiger partial charge in [-0.3, -0.25) is 25.2 Å². The molecule has 0 radical (unpaired) electrons. The van der Waals surface area contributed by atoms with E-state index in [1.807, 2.05) is 30.3 Å². The molecule has 0 saturated carbocycles. The summed E-state index contributed by atoms with van der Waals surface area (Å²) in [4.78, 5) is 38.1. The number of halogens is 1. The van der Waals surface area contributed by atoms with E-state index in [4.69, 9.17) is 11.6 Å². The fraction of sp³-hybridized carbons (Fsp3) is 0.211. The normalized spacial score (nSPS) is 16.4. The van der Waals surface area contributed by atoms with Crippen LogP contribution in [-0.2, 0) is 16.1 Å². The summed E-state index contributed by atoms with van der Waals surface area (Å²) in [7, 11) is 0. The average molecular weight is 372 g/mol. The predicted molar refractivity (Wildman–Crippen MR) is 97.0 cm³/mol. The van der Waals surface area contributed by atoms with E-state index in [0.717, 1.165) is 5.56 Å². The summed E-state index contributed by atoms with van der Waals surface area (Å²) in [5.41, 5.74) is 6.09. The molecule has 0 spiro atoms. The molecule has 26 heavy (non-hydrogen) atoms. The second-order valence-electron chi connectivity index (χ2n) is 6.11. The minimum atomic E-state index is -0.495. The lowest BCUT2D eigenvalue weighted by molar-refractivity contribution is -0.129. The first-order valence-electron chi connectivity index (χ1n) is 8.20. The zero-order valence-corrected chi connectivity index (χ0v) is 14.7. The van der Waals surface area contributed by atoms with Crippen LogP contribution >= 0.6 is 11.6 Å². The Hall–Kier alpha value is -2.86. The Morgan fingerprint density at radius 3 is 2.58 bits per heavy atom. The van der Waals surface area contributed by atoms with Crippen molar-refractivity contribution in [1.82, 2.24) is 15.8 Å². The third-order valence-corrected chi connectivity index (χ3v) is 4.42. The molecule has 2 aromatic rings. The number of hydrazine groups is 1. The second-order valence-corrected chi connectivity index (χ2v) is 6.55. The SMILES string of the molecule is O=C(NNC(=O)C1CC(=O)N(Cc2ccccc2)C1)c1cccc(Cl)c1. The van der Waals surface area contributed by atoms with E-state index in [9.17, 15) is 14.4 Å². The number of amides is 3. The lowest BCUT2D eigenvalue weighted by atomic mass is 10.1. The summed E-state index contributed by atoms with van der Waals surface area (Å²) in [5, 5.41) is 0.432. The van der Waals surface area contributed by atoms with Crippen molar-refractivity contribution in [3.63, 3.8) is 0 Å². The summed E-state index contributed by atoms with van der Waals surface area (Å²) in [6, 6.07) is 16.0. The van der Waals surface area contributed by atoms with Crippen molar-refractivity contribution in [3.05, 3.63) is 70.7 Å². The fourth-order valence-electron chi connectivity index (χ4n) is 2.83. The molecule has 1 saturated heterocycles. The van der Waals surface area contributed by atoms with Gasteiger partial charge in [-0.05, 0) is 23.8 Å². The standard InChI is InChI=1S/C19H18ClN3O3/c20-16-8-4-7-14(9-16)18(25)21-22-19(26)15-10-17(24)23(12-15)11-13-5-2-1-3-6-13/h1-9,15H,10-12H2,(H,21,25)(H,22,26). The van der Waals surface area contributed by atoms with Gasteiger partial charge < -0.3 is 4.90 Å². The van der Waals surface area contributed by atoms with Crippen LogP contribution in [0.25, 0.3) is 0 Å². The van der Waals surface area contributed by atoms with Crippen LogP contribution in [0.2, 0.25) is 5.02 Å². The van der Waals surface area contributed by atoms with Crippen molar-refractivity contribution in [2.45, 2.75) is 13.0 Å². The molecule has 3 rings (SSSR count). The summed E-state index contributed by atoms with van der Waals surface area (Å²) >= 11 is 5.84. The van der Waals surface area contributed by atoms with Gasteiger partial charge in [-0.1, -0.05) is 48.0 Å². The Morgan fingerprint density at radius 1 is 1.08 bits per heavy atom. The van der Waals surface area contributed by atoms with E-state index in [1.54, 1.807) is 23.1 Å². The first-order valence-corrected chi connectivity index (χ1v) is 8.58. The number of hydrogen-bond donors (Lipinski definition) is 2. The molecule has 2 aromatic carbocycles. The van der Waals surface area contributed by atoms with Crippen LogP contribution < -0.4 is 10.9 Å². The highest BCUT2D eigenvalue weighted by Crippen LogP contribution is 2.20. The number of nitrogens with zero attached hydrogens (tertiary/aromatic N) is 1. The highest BCUT2D eigenvalue weighted by molar-refractivity contribution is 6.30. The molecule has 7 heteroatoms. The van der Waals surface area contributed by atoms with Crippen molar-refractivity contribution in [2.75, 3.05) is 6.54 Å². The molecular weight excluding hydrogens is 354 g/mol. The Balaban J connectivity index is 1.52. The maximum atomic E-state index is 12.3. The van der Waals surface area contributed by atoms with Crippen molar-refractivity contribution in [2.24, 2.45) is 5.92 Å². The molecule has 1 atom stereocenters. The number of nitrogens with one attached hydrogen (secondary N) is 2. The van der Waals surface area contributed by atoms with Crippen molar-refractivity contribution in [3.8, 4) is 0 Å². The van der Waals surface area contributed by atoms with Crippen LogP contribution in [0, 0.1) is 5.92 Å². The lowest BCUT2D eigenvalue weighted by Crippen LogP contribution is -2.45. The number of hydrogen-bond acceptors (Lipinski definition) is 3. The highest BCUT2D eigenvalue weighted by Gasteiger charge is 2.34. The molecule has 0 aromatic heterocycles. The van der Waals surface area contributed by atoms with E-state index in [-0.39, 0.29) is 18.2 Å². The molecule has 1 fully saturated rings. The monoisotopic (exact) mass is 371 g/mol. The van der Waals surface area contributed by atoms with Gasteiger partial charge in [0.2, 0.25) is 11.8 Å². The van der Waals surface area contributed by atoms with Gasteiger partial charge >= 0.3 is 0 Å². The van der Waals surface area contributed by atoms with Gasteiger partial charge in [0.25, 0.3) is 5.91 Å². The molecule has 1 aliphatic rings. The molecule has 2 N–H and O–H groups in total. The summed E-state index contributed by atoms with van der Waals surface area (Å²) < 4.78 is 0. The molecule has 3 amide bonds. The molecule has 6 nitrogen and oxygen atoms in total. The van der Waals surface area contributed by atoms with Gasteiger partial charge in [-0.15, -0.1) is 0 Å². The number of rotatable bonds is 4. The smallest absolute Gasteiger partial charge is 0.269 e. The van der Waals surface area contributed by atoms with E-state index in [2.05, 4.69) is 10.9 Å². The van der Waals surface area contributed by atoms with Gasteiger partial charge in [0.15, 0.2) is 0 Å². The first-order chi connectivity index (χ1) is 12.5. The van der Waals surface area contributed by atoms with Gasteiger partial charge in [-0.25, -0.2) is 0 Å². The number of carbonyl (C=O) groups is 3. The number of benzene rings is 2. The first kappa shape index (κ1) is 17.9. The lowest BCUT2D eigenvalue weighted by Gasteiger charge is -2.16. The Kier molecular flexibility index (Phi) is 5.53. The Morgan fingerprint density at radius 2 is 1.85 bits per heavy atom. The predicted octanol–water partition coefficient (Wildman–Crippen LogP) is 2.15. The average Bonchev–Trinajstić information content (AvgIpc) is 3.01. The summed E-state index contributed by atoms with van der Waals surface area (Å²) in [6.45, 7) is 0.797. The Bertz CT molecular complexity index is 826. The van der Waals surface area contributed by atoms with Gasteiger partial charge in [0.05, 0.1) is 5.92 Å². The summed E-state index contributed by atoms with van der Waals surface area (Å²) in [5.74, 6) is -1.42. The molecule has 0 aliphatic carbocycles. The van der Waals surface area contributed by atoms with Gasteiger partial charge in [0.1, 0.15) is 0 Å². The van der Waals surface area contributed by atoms with Crippen LogP contribution in [0.3, 0.4) is 0 Å². The van der Waals surface area contributed by atoms with Gasteiger partial charge in [0, 0.05) is 30.1 Å². The maximum Gasteiger partial charge on any atom is 0.269 e. The van der Waals surface area contributed by atoms with Crippen LogP contribution in [0.4, 0.5) is 0 Å². The van der Waals surface area contributed by atoms with E-state index in [0.29, 0.717) is 23.7 Å². The molecule has 1 aliphatic heterocycles. The van der Waals surface area contributed by atoms with Crippen LogP contribution in [0.5, 0.6) is 0 Å². The molecule has 1 heterocycles. The minimum absolute atomic E-state index is 0.0739. The van der Waals surface area contributed by atoms with Crippen LogP contribution in [-0.4, -0.2) is 29.2 Å². The third-order valence-electron chi connectivity index (χ3n) is 4.19. The van der Waals surface area contributed by atoms with Crippen molar-refractivity contribution in [1.29, 1.82) is 0 Å². The van der Waals surface area contributed by atoms with E-state index >= 15 is 0 Å². The van der Waals surface area contributed by atoms with Crippen molar-refractivity contribution < 1.29 is 14.4 Å². The van der Waals surface area contributed by atoms with E-state index < -0.39 is 11.8 Å². The zero-order chi connectivity index (χ0) is 18.5. The summed E-state index contributed by atoms with van der Waals surface area (Å²) in [6.07, 6.45) is 0.131. The van der Waals surface area contributed by atoms with Crippen LogP contribution in [0.1, 0.15) is 22.3 Å².